The second kappa shape index (κ2) is 8.83. The fourth-order valence-electron chi connectivity index (χ4n) is 1.76. The minimum Gasteiger partial charge on any atom is -0.389 e. The Balaban J connectivity index is 1.91. The number of sulfonamides is 1. The molecule has 2 atom stereocenters. The van der Waals surface area contributed by atoms with Crippen LogP contribution in [0.25, 0.3) is 0 Å². The van der Waals surface area contributed by atoms with Crippen LogP contribution in [-0.4, -0.2) is 71.4 Å². The zero-order chi connectivity index (χ0) is 14.1. The summed E-state index contributed by atoms with van der Waals surface area (Å²) in [5, 5.41) is 12.6. The topological polar surface area (TPSA) is 96.9 Å². The average molecular weight is 296 g/mol. The van der Waals surface area contributed by atoms with Crippen molar-refractivity contribution in [2.75, 3.05) is 45.7 Å². The van der Waals surface area contributed by atoms with Gasteiger partial charge in [0.2, 0.25) is 10.0 Å². The van der Waals surface area contributed by atoms with Crippen LogP contribution in [-0.2, 0) is 19.5 Å². The van der Waals surface area contributed by atoms with E-state index < -0.39 is 16.1 Å². The highest BCUT2D eigenvalue weighted by Crippen LogP contribution is 2.11. The fourth-order valence-corrected chi connectivity index (χ4v) is 2.24. The molecule has 2 unspecified atom stereocenters. The van der Waals surface area contributed by atoms with Crippen molar-refractivity contribution in [1.29, 1.82) is 0 Å². The molecule has 7 nitrogen and oxygen atoms in total. The maximum absolute atomic E-state index is 10.8. The van der Waals surface area contributed by atoms with E-state index in [-0.39, 0.29) is 12.7 Å². The van der Waals surface area contributed by atoms with Gasteiger partial charge in [-0.1, -0.05) is 0 Å². The number of hydrogen-bond donors (Lipinski definition) is 3. The standard InChI is InChI=1S/C11H24N2O5S/c1-19(15,16)13-5-4-12-7-10(14)8-17-9-11-3-2-6-18-11/h10-14H,2-9H2,1H3. The molecule has 0 bridgehead atoms. The first kappa shape index (κ1) is 16.8. The highest BCUT2D eigenvalue weighted by molar-refractivity contribution is 7.88. The van der Waals surface area contributed by atoms with Gasteiger partial charge in [0.25, 0.3) is 0 Å². The van der Waals surface area contributed by atoms with Gasteiger partial charge in [0.1, 0.15) is 0 Å². The molecule has 1 fully saturated rings. The minimum absolute atomic E-state index is 0.166. The molecule has 1 heterocycles. The monoisotopic (exact) mass is 296 g/mol. The number of ether oxygens (including phenoxy) is 2. The Morgan fingerprint density at radius 3 is 2.89 bits per heavy atom. The SMILES string of the molecule is CS(=O)(=O)NCCNCC(O)COCC1CCCO1. The molecule has 1 aliphatic heterocycles. The Bertz CT molecular complexity index is 330. The highest BCUT2D eigenvalue weighted by atomic mass is 32.2. The first-order chi connectivity index (χ1) is 8.97. The third-order valence-corrected chi connectivity index (χ3v) is 3.41. The summed E-state index contributed by atoms with van der Waals surface area (Å²) >= 11 is 0. The predicted molar refractivity (Wildman–Crippen MR) is 71.5 cm³/mol. The van der Waals surface area contributed by atoms with Crippen molar-refractivity contribution in [2.24, 2.45) is 0 Å². The zero-order valence-electron chi connectivity index (χ0n) is 11.3. The second-order valence-electron chi connectivity index (χ2n) is 4.70. The lowest BCUT2D eigenvalue weighted by Gasteiger charge is -2.14. The smallest absolute Gasteiger partial charge is 0.208 e. The van der Waals surface area contributed by atoms with Crippen molar-refractivity contribution in [3.8, 4) is 0 Å². The van der Waals surface area contributed by atoms with Crippen molar-refractivity contribution >= 4 is 10.0 Å². The fraction of sp³-hybridized carbons (Fsp3) is 1.00. The summed E-state index contributed by atoms with van der Waals surface area (Å²) in [4.78, 5) is 0. The zero-order valence-corrected chi connectivity index (χ0v) is 12.1. The van der Waals surface area contributed by atoms with Gasteiger partial charge in [-0.15, -0.1) is 0 Å². The summed E-state index contributed by atoms with van der Waals surface area (Å²) in [5.74, 6) is 0. The number of nitrogens with one attached hydrogen (secondary N) is 2. The molecule has 0 aromatic rings. The second-order valence-corrected chi connectivity index (χ2v) is 6.53. The molecular formula is C11H24N2O5S. The summed E-state index contributed by atoms with van der Waals surface area (Å²) < 4.78 is 34.7. The molecule has 0 aliphatic carbocycles. The number of aliphatic hydroxyl groups is 1. The largest absolute Gasteiger partial charge is 0.389 e. The summed E-state index contributed by atoms with van der Waals surface area (Å²) in [5.41, 5.74) is 0. The molecule has 19 heavy (non-hydrogen) atoms. The van der Waals surface area contributed by atoms with Gasteiger partial charge in [0.05, 0.1) is 31.7 Å². The molecule has 3 N–H and O–H groups in total. The van der Waals surface area contributed by atoms with Gasteiger partial charge in [0, 0.05) is 26.2 Å². The predicted octanol–water partition coefficient (Wildman–Crippen LogP) is -1.32. The van der Waals surface area contributed by atoms with Gasteiger partial charge < -0.3 is 19.9 Å². The molecule has 8 heteroatoms. The van der Waals surface area contributed by atoms with E-state index in [9.17, 15) is 13.5 Å². The van der Waals surface area contributed by atoms with Gasteiger partial charge >= 0.3 is 0 Å². The van der Waals surface area contributed by atoms with E-state index in [1.807, 2.05) is 0 Å². The van der Waals surface area contributed by atoms with Crippen molar-refractivity contribution in [2.45, 2.75) is 25.0 Å². The van der Waals surface area contributed by atoms with Crippen LogP contribution >= 0.6 is 0 Å². The molecule has 0 amide bonds. The Hall–Kier alpha value is -0.250. The minimum atomic E-state index is -3.14. The maximum atomic E-state index is 10.8. The molecule has 0 radical (unpaired) electrons. The molecule has 0 spiro atoms. The summed E-state index contributed by atoms with van der Waals surface area (Å²) in [6.45, 7) is 2.72. The van der Waals surface area contributed by atoms with E-state index in [0.29, 0.717) is 26.2 Å². The van der Waals surface area contributed by atoms with Crippen LogP contribution in [0.1, 0.15) is 12.8 Å². The van der Waals surface area contributed by atoms with Crippen molar-refractivity contribution < 1.29 is 23.0 Å². The third-order valence-electron chi connectivity index (χ3n) is 2.68. The third kappa shape index (κ3) is 9.31. The summed E-state index contributed by atoms with van der Waals surface area (Å²) in [6.07, 6.45) is 2.77. The lowest BCUT2D eigenvalue weighted by molar-refractivity contribution is -0.0163. The van der Waals surface area contributed by atoms with Crippen LogP contribution in [0.5, 0.6) is 0 Å². The van der Waals surface area contributed by atoms with E-state index in [0.717, 1.165) is 25.7 Å². The van der Waals surface area contributed by atoms with Crippen molar-refractivity contribution in [3.05, 3.63) is 0 Å². The molecule has 0 aromatic heterocycles. The normalized spacial score (nSPS) is 21.7. The van der Waals surface area contributed by atoms with Gasteiger partial charge in [-0.25, -0.2) is 13.1 Å². The van der Waals surface area contributed by atoms with Crippen LogP contribution < -0.4 is 10.0 Å². The molecule has 0 aromatic carbocycles. The van der Waals surface area contributed by atoms with Crippen molar-refractivity contribution in [3.63, 3.8) is 0 Å². The van der Waals surface area contributed by atoms with Gasteiger partial charge in [-0.3, -0.25) is 0 Å². The van der Waals surface area contributed by atoms with Crippen LogP contribution in [0.2, 0.25) is 0 Å². The number of aliphatic hydroxyl groups excluding tert-OH is 1. The van der Waals surface area contributed by atoms with Gasteiger partial charge in [-0.05, 0) is 12.8 Å². The molecule has 1 aliphatic rings. The molecule has 114 valence electrons. The average Bonchev–Trinajstić information content (AvgIpc) is 2.80. The summed E-state index contributed by atoms with van der Waals surface area (Å²) in [6, 6.07) is 0. The first-order valence-corrected chi connectivity index (χ1v) is 8.39. The Morgan fingerprint density at radius 1 is 1.47 bits per heavy atom. The van der Waals surface area contributed by atoms with Gasteiger partial charge in [0.15, 0.2) is 0 Å². The first-order valence-electron chi connectivity index (χ1n) is 6.50. The van der Waals surface area contributed by atoms with E-state index in [2.05, 4.69) is 10.0 Å². The summed E-state index contributed by atoms with van der Waals surface area (Å²) in [7, 11) is -3.14. The van der Waals surface area contributed by atoms with Crippen LogP contribution in [0.15, 0.2) is 0 Å². The Labute approximate surface area is 114 Å². The van der Waals surface area contributed by atoms with Crippen molar-refractivity contribution in [1.82, 2.24) is 10.0 Å². The quantitative estimate of drug-likeness (QED) is 0.433. The number of hydrogen-bond acceptors (Lipinski definition) is 6. The van der Waals surface area contributed by atoms with E-state index in [1.54, 1.807) is 0 Å². The van der Waals surface area contributed by atoms with Crippen LogP contribution in [0.4, 0.5) is 0 Å². The lowest BCUT2D eigenvalue weighted by Crippen LogP contribution is -2.36. The molecule has 0 saturated carbocycles. The van der Waals surface area contributed by atoms with E-state index >= 15 is 0 Å². The van der Waals surface area contributed by atoms with E-state index in [4.69, 9.17) is 9.47 Å². The highest BCUT2D eigenvalue weighted by Gasteiger charge is 2.15. The molecule has 1 rings (SSSR count). The Kier molecular flexibility index (Phi) is 7.81. The van der Waals surface area contributed by atoms with Crippen LogP contribution in [0.3, 0.4) is 0 Å². The number of rotatable bonds is 10. The maximum Gasteiger partial charge on any atom is 0.208 e. The Morgan fingerprint density at radius 2 is 2.26 bits per heavy atom. The van der Waals surface area contributed by atoms with E-state index in [1.165, 1.54) is 0 Å². The molecule has 1 saturated heterocycles. The molecular weight excluding hydrogens is 272 g/mol. The van der Waals surface area contributed by atoms with Crippen LogP contribution in [0, 0.1) is 0 Å². The van der Waals surface area contributed by atoms with Gasteiger partial charge in [-0.2, -0.15) is 0 Å². The lowest BCUT2D eigenvalue weighted by atomic mass is 10.2.